The minimum atomic E-state index is -2.62. The molecule has 1 N–H and O–H groups in total. The van der Waals surface area contributed by atoms with Gasteiger partial charge in [-0.3, -0.25) is 9.88 Å². The molecule has 34 heavy (non-hydrogen) atoms. The molecule has 8 nitrogen and oxygen atoms in total. The van der Waals surface area contributed by atoms with Gasteiger partial charge in [0, 0.05) is 50.9 Å². The van der Waals surface area contributed by atoms with Crippen LogP contribution in [-0.4, -0.2) is 55.6 Å². The van der Waals surface area contributed by atoms with Gasteiger partial charge in [0.1, 0.15) is 11.2 Å². The van der Waals surface area contributed by atoms with Crippen LogP contribution in [0.4, 0.5) is 24.7 Å². The summed E-state index contributed by atoms with van der Waals surface area (Å²) in [5.74, 6) is -2.07. The summed E-state index contributed by atoms with van der Waals surface area (Å²) >= 11 is 0. The molecule has 5 heterocycles. The molecule has 1 aliphatic rings. The zero-order valence-corrected chi connectivity index (χ0v) is 18.4. The van der Waals surface area contributed by atoms with Crippen molar-refractivity contribution in [3.05, 3.63) is 60.3 Å². The molecule has 0 radical (unpaired) electrons. The van der Waals surface area contributed by atoms with Crippen LogP contribution < -0.4 is 10.1 Å². The number of alkyl halides is 2. The summed E-state index contributed by atoms with van der Waals surface area (Å²) < 4.78 is 48.4. The molecule has 176 valence electrons. The molecule has 11 heteroatoms. The zero-order valence-electron chi connectivity index (χ0n) is 18.4. The van der Waals surface area contributed by atoms with E-state index in [1.165, 1.54) is 19.4 Å². The van der Waals surface area contributed by atoms with Crippen molar-refractivity contribution in [3.8, 4) is 17.4 Å². The topological polar surface area (TPSA) is 80.5 Å². The average Bonchev–Trinajstić information content (AvgIpc) is 3.25. The van der Waals surface area contributed by atoms with Crippen LogP contribution in [-0.2, 0) is 6.54 Å². The number of anilines is 2. The summed E-state index contributed by atoms with van der Waals surface area (Å²) in [7, 11) is 1.52. The fourth-order valence-electron chi connectivity index (χ4n) is 3.95. The number of ether oxygens (including phenoxy) is 1. The molecule has 0 saturated carbocycles. The Labute approximate surface area is 193 Å². The maximum atomic E-state index is 14.4. The Morgan fingerprint density at radius 1 is 1.12 bits per heavy atom. The van der Waals surface area contributed by atoms with Crippen LogP contribution in [0.5, 0.6) is 5.88 Å². The van der Waals surface area contributed by atoms with Gasteiger partial charge in [0.2, 0.25) is 11.7 Å². The number of rotatable bonds is 6. The molecule has 0 aromatic carbocycles. The standard InChI is InChI=1S/C23H22F3N7O/c1-34-19-4-2-3-18(28-19)21-30-22(29-17-5-9-27-13-16(17)24)20-15(6-10-33(20)31-21)14-32-11-7-23(25,26)8-12-32/h2-6,9-10,13H,7-8,11-12,14H2,1H3,(H,27,29,30,31). The lowest BCUT2D eigenvalue weighted by Crippen LogP contribution is -2.38. The summed E-state index contributed by atoms with van der Waals surface area (Å²) in [6.07, 6.45) is 4.00. The lowest BCUT2D eigenvalue weighted by Gasteiger charge is -2.31. The number of halogens is 3. The highest BCUT2D eigenvalue weighted by molar-refractivity contribution is 5.78. The SMILES string of the molecule is COc1cccc(-c2nc(Nc3ccncc3F)c3c(CN4CCC(F)(F)CC4)ccn3n2)n1. The van der Waals surface area contributed by atoms with Gasteiger partial charge in [-0.25, -0.2) is 27.7 Å². The molecule has 0 bridgehead atoms. The van der Waals surface area contributed by atoms with Crippen molar-refractivity contribution in [3.63, 3.8) is 0 Å². The summed E-state index contributed by atoms with van der Waals surface area (Å²) in [5, 5.41) is 7.63. The maximum absolute atomic E-state index is 14.4. The van der Waals surface area contributed by atoms with Crippen molar-refractivity contribution in [1.82, 2.24) is 29.5 Å². The van der Waals surface area contributed by atoms with Gasteiger partial charge < -0.3 is 10.1 Å². The normalized spacial score (nSPS) is 16.0. The van der Waals surface area contributed by atoms with Gasteiger partial charge in [0.05, 0.1) is 19.0 Å². The van der Waals surface area contributed by atoms with E-state index in [4.69, 9.17) is 4.74 Å². The summed E-state index contributed by atoms with van der Waals surface area (Å²) in [5.41, 5.74) is 2.14. The lowest BCUT2D eigenvalue weighted by molar-refractivity contribution is -0.0565. The highest BCUT2D eigenvalue weighted by atomic mass is 19.3. The summed E-state index contributed by atoms with van der Waals surface area (Å²) in [6.45, 7) is 1.03. The third kappa shape index (κ3) is 4.51. The molecule has 0 atom stereocenters. The van der Waals surface area contributed by atoms with Crippen LogP contribution in [0, 0.1) is 5.82 Å². The van der Waals surface area contributed by atoms with Gasteiger partial charge in [0.25, 0.3) is 5.92 Å². The van der Waals surface area contributed by atoms with Crippen LogP contribution in [0.2, 0.25) is 0 Å². The van der Waals surface area contributed by atoms with E-state index in [1.807, 2.05) is 11.0 Å². The number of methoxy groups -OCH3 is 1. The van der Waals surface area contributed by atoms with Gasteiger partial charge >= 0.3 is 0 Å². The highest BCUT2D eigenvalue weighted by Crippen LogP contribution is 2.31. The Kier molecular flexibility index (Phi) is 5.78. The third-order valence-corrected chi connectivity index (χ3v) is 5.76. The smallest absolute Gasteiger partial charge is 0.250 e. The van der Waals surface area contributed by atoms with E-state index in [1.54, 1.807) is 28.9 Å². The maximum Gasteiger partial charge on any atom is 0.250 e. The first-order valence-corrected chi connectivity index (χ1v) is 10.8. The summed E-state index contributed by atoms with van der Waals surface area (Å²) in [4.78, 5) is 14.8. The number of nitrogens with zero attached hydrogens (tertiary/aromatic N) is 6. The Hall–Kier alpha value is -3.73. The fraction of sp³-hybridized carbons (Fsp3) is 0.304. The Bertz CT molecular complexity index is 1320. The first-order chi connectivity index (χ1) is 16.4. The van der Waals surface area contributed by atoms with Crippen LogP contribution in [0.3, 0.4) is 0 Å². The van der Waals surface area contributed by atoms with Crippen LogP contribution >= 0.6 is 0 Å². The van der Waals surface area contributed by atoms with E-state index in [2.05, 4.69) is 25.4 Å². The Morgan fingerprint density at radius 2 is 1.94 bits per heavy atom. The van der Waals surface area contributed by atoms with Crippen molar-refractivity contribution >= 4 is 17.0 Å². The largest absolute Gasteiger partial charge is 0.481 e. The molecule has 1 aliphatic heterocycles. The number of piperidine rings is 1. The first-order valence-electron chi connectivity index (χ1n) is 10.8. The molecule has 0 aliphatic carbocycles. The van der Waals surface area contributed by atoms with Crippen molar-refractivity contribution in [2.45, 2.75) is 25.3 Å². The van der Waals surface area contributed by atoms with Crippen LogP contribution in [0.1, 0.15) is 18.4 Å². The molecule has 0 amide bonds. The van der Waals surface area contributed by atoms with E-state index in [0.717, 1.165) is 11.8 Å². The third-order valence-electron chi connectivity index (χ3n) is 5.76. The molecule has 0 spiro atoms. The monoisotopic (exact) mass is 469 g/mol. The number of aromatic nitrogens is 5. The van der Waals surface area contributed by atoms with Gasteiger partial charge in [0.15, 0.2) is 11.6 Å². The molecule has 1 saturated heterocycles. The molecule has 1 fully saturated rings. The van der Waals surface area contributed by atoms with Gasteiger partial charge in [-0.15, -0.1) is 5.10 Å². The number of pyridine rings is 2. The zero-order chi connectivity index (χ0) is 23.7. The van der Waals surface area contributed by atoms with E-state index in [0.29, 0.717) is 48.4 Å². The lowest BCUT2D eigenvalue weighted by atomic mass is 10.1. The molecular formula is C23H22F3N7O. The molecule has 4 aromatic rings. The van der Waals surface area contributed by atoms with Crippen molar-refractivity contribution in [1.29, 1.82) is 0 Å². The van der Waals surface area contributed by atoms with E-state index < -0.39 is 11.7 Å². The fourth-order valence-corrected chi connectivity index (χ4v) is 3.95. The predicted octanol–water partition coefficient (Wildman–Crippen LogP) is 4.31. The number of nitrogens with one attached hydrogen (secondary N) is 1. The molecule has 4 aromatic heterocycles. The minimum absolute atomic E-state index is 0.172. The second-order valence-corrected chi connectivity index (χ2v) is 8.10. The summed E-state index contributed by atoms with van der Waals surface area (Å²) in [6, 6.07) is 8.61. The van der Waals surface area contributed by atoms with Gasteiger partial charge in [-0.05, 0) is 23.8 Å². The van der Waals surface area contributed by atoms with E-state index in [9.17, 15) is 13.2 Å². The second-order valence-electron chi connectivity index (χ2n) is 8.10. The van der Waals surface area contributed by atoms with Crippen LogP contribution in [0.25, 0.3) is 17.0 Å². The number of hydrogen-bond acceptors (Lipinski definition) is 7. The Balaban J connectivity index is 1.56. The minimum Gasteiger partial charge on any atom is -0.481 e. The van der Waals surface area contributed by atoms with Crippen molar-refractivity contribution < 1.29 is 17.9 Å². The predicted molar refractivity (Wildman–Crippen MR) is 120 cm³/mol. The quantitative estimate of drug-likeness (QED) is 0.451. The first kappa shape index (κ1) is 22.1. The van der Waals surface area contributed by atoms with E-state index in [-0.39, 0.29) is 18.5 Å². The number of fused-ring (bicyclic) bond motifs is 1. The molecular weight excluding hydrogens is 447 g/mol. The molecule has 0 unspecified atom stereocenters. The number of likely N-dealkylation sites (tertiary alicyclic amines) is 1. The number of hydrogen-bond donors (Lipinski definition) is 1. The van der Waals surface area contributed by atoms with Crippen molar-refractivity contribution in [2.75, 3.05) is 25.5 Å². The van der Waals surface area contributed by atoms with Crippen LogP contribution in [0.15, 0.2) is 48.9 Å². The van der Waals surface area contributed by atoms with Gasteiger partial charge in [-0.1, -0.05) is 6.07 Å². The highest BCUT2D eigenvalue weighted by Gasteiger charge is 2.34. The second kappa shape index (κ2) is 8.90. The van der Waals surface area contributed by atoms with Gasteiger partial charge in [-0.2, -0.15) is 0 Å². The molecule has 5 rings (SSSR count). The average molecular weight is 469 g/mol. The van der Waals surface area contributed by atoms with Crippen molar-refractivity contribution in [2.24, 2.45) is 0 Å². The van der Waals surface area contributed by atoms with E-state index >= 15 is 0 Å². The Morgan fingerprint density at radius 3 is 2.71 bits per heavy atom.